The summed E-state index contributed by atoms with van der Waals surface area (Å²) >= 11 is 0. The molecule has 7 nitrogen and oxygen atoms in total. The molecular weight excluding hydrogens is 326 g/mol. The van der Waals surface area contributed by atoms with E-state index in [-0.39, 0.29) is 25.0 Å². The van der Waals surface area contributed by atoms with Crippen molar-refractivity contribution in [2.24, 2.45) is 0 Å². The molecule has 7 heteroatoms. The van der Waals surface area contributed by atoms with Crippen molar-refractivity contribution in [2.45, 2.75) is 46.1 Å². The quantitative estimate of drug-likeness (QED) is 0.743. The van der Waals surface area contributed by atoms with E-state index >= 15 is 0 Å². The molecule has 0 unspecified atom stereocenters. The summed E-state index contributed by atoms with van der Waals surface area (Å²) in [6.07, 6.45) is 0.297. The molecule has 0 saturated carbocycles. The van der Waals surface area contributed by atoms with Crippen molar-refractivity contribution in [3.63, 3.8) is 0 Å². The molecule has 0 radical (unpaired) electrons. The number of benzene rings is 1. The molecule has 1 atom stereocenters. The summed E-state index contributed by atoms with van der Waals surface area (Å²) in [5.41, 5.74) is 1.25. The van der Waals surface area contributed by atoms with Crippen molar-refractivity contribution < 1.29 is 24.2 Å². The van der Waals surface area contributed by atoms with Crippen LogP contribution in [-0.4, -0.2) is 23.0 Å². The zero-order valence-electron chi connectivity index (χ0n) is 14.3. The Balaban J connectivity index is 2.25. The van der Waals surface area contributed by atoms with Crippen LogP contribution in [0.1, 0.15) is 36.5 Å². The van der Waals surface area contributed by atoms with Gasteiger partial charge in [0.15, 0.2) is 0 Å². The van der Waals surface area contributed by atoms with Crippen LogP contribution in [0, 0.1) is 13.8 Å². The lowest BCUT2D eigenvalue weighted by molar-refractivity contribution is -0.308. The van der Waals surface area contributed by atoms with Gasteiger partial charge in [-0.25, -0.2) is 4.79 Å². The van der Waals surface area contributed by atoms with E-state index in [1.807, 2.05) is 0 Å². The average molecular weight is 346 g/mol. The number of carboxylic acids is 1. The topological polar surface area (TPSA) is 120 Å². The number of hydrogen-bond donors (Lipinski definition) is 2. The molecule has 1 aromatic heterocycles. The van der Waals surface area contributed by atoms with Crippen molar-refractivity contribution in [2.75, 3.05) is 0 Å². The monoisotopic (exact) mass is 346 g/mol. The maximum absolute atomic E-state index is 12.2. The molecular formula is C18H20NO6-. The van der Waals surface area contributed by atoms with Crippen molar-refractivity contribution >= 4 is 22.8 Å². The molecule has 0 aliphatic heterocycles. The molecule has 0 aliphatic rings. The Labute approximate surface area is 144 Å². The fourth-order valence-corrected chi connectivity index (χ4v) is 2.70. The number of aryl methyl sites for hydroxylation is 2. The average Bonchev–Trinajstić information content (AvgIpc) is 2.56. The first kappa shape index (κ1) is 18.5. The van der Waals surface area contributed by atoms with Crippen molar-refractivity contribution in [3.8, 4) is 5.75 Å². The van der Waals surface area contributed by atoms with Gasteiger partial charge in [0.1, 0.15) is 11.3 Å². The number of carbonyl (C=O) groups is 2. The van der Waals surface area contributed by atoms with Gasteiger partial charge in [0.05, 0.1) is 12.0 Å². The second-order valence-corrected chi connectivity index (χ2v) is 5.93. The Morgan fingerprint density at radius 2 is 1.96 bits per heavy atom. The van der Waals surface area contributed by atoms with Gasteiger partial charge in [0, 0.05) is 22.9 Å². The highest BCUT2D eigenvalue weighted by molar-refractivity contribution is 5.86. The normalized spacial score (nSPS) is 12.1. The summed E-state index contributed by atoms with van der Waals surface area (Å²) < 4.78 is 5.31. The number of aliphatic carboxylic acids is 1. The summed E-state index contributed by atoms with van der Waals surface area (Å²) in [4.78, 5) is 35.0. The molecule has 2 aromatic rings. The van der Waals surface area contributed by atoms with Crippen LogP contribution in [0.2, 0.25) is 0 Å². The molecule has 1 amide bonds. The van der Waals surface area contributed by atoms with Gasteiger partial charge < -0.3 is 24.7 Å². The second kappa shape index (κ2) is 7.38. The van der Waals surface area contributed by atoms with E-state index in [0.717, 1.165) is 0 Å². The third-order valence-electron chi connectivity index (χ3n) is 4.31. The minimum absolute atomic E-state index is 0.0371. The molecule has 0 aliphatic carbocycles. The number of phenolic OH excluding ortho intramolecular Hbond substituents is 1. The third-order valence-corrected chi connectivity index (χ3v) is 4.31. The van der Waals surface area contributed by atoms with Gasteiger partial charge in [-0.3, -0.25) is 4.79 Å². The fraction of sp³-hybridized carbons (Fsp3) is 0.389. The Morgan fingerprint density at radius 1 is 1.28 bits per heavy atom. The third kappa shape index (κ3) is 3.81. The number of fused-ring (bicyclic) bond motifs is 1. The first-order valence-electron chi connectivity index (χ1n) is 8.01. The van der Waals surface area contributed by atoms with Gasteiger partial charge in [-0.1, -0.05) is 6.92 Å². The van der Waals surface area contributed by atoms with Crippen molar-refractivity contribution in [1.29, 1.82) is 0 Å². The van der Waals surface area contributed by atoms with E-state index in [4.69, 9.17) is 4.42 Å². The van der Waals surface area contributed by atoms with E-state index in [2.05, 4.69) is 5.32 Å². The number of nitrogens with one attached hydrogen (secondary N) is 1. The lowest BCUT2D eigenvalue weighted by Crippen LogP contribution is -2.47. The molecule has 0 bridgehead atoms. The van der Waals surface area contributed by atoms with Crippen LogP contribution in [-0.2, 0) is 16.0 Å². The van der Waals surface area contributed by atoms with E-state index < -0.39 is 23.5 Å². The van der Waals surface area contributed by atoms with Gasteiger partial charge in [0.25, 0.3) is 0 Å². The number of aromatic hydroxyl groups is 1. The lowest BCUT2D eigenvalue weighted by atomic mass is 10.00. The number of hydrogen-bond acceptors (Lipinski definition) is 6. The predicted molar refractivity (Wildman–Crippen MR) is 89.2 cm³/mol. The van der Waals surface area contributed by atoms with Crippen molar-refractivity contribution in [3.05, 3.63) is 39.2 Å². The van der Waals surface area contributed by atoms with Gasteiger partial charge in [-0.15, -0.1) is 0 Å². The van der Waals surface area contributed by atoms with E-state index in [0.29, 0.717) is 27.7 Å². The SMILES string of the molecule is CC[C@@H](NC(=O)CCc1c(C)c2ccc(O)c(C)c2oc1=O)C(=O)[O-]. The first-order valence-corrected chi connectivity index (χ1v) is 8.01. The summed E-state index contributed by atoms with van der Waals surface area (Å²) in [6.45, 7) is 5.03. The van der Waals surface area contributed by atoms with Crippen LogP contribution >= 0.6 is 0 Å². The van der Waals surface area contributed by atoms with Crippen molar-refractivity contribution in [1.82, 2.24) is 5.32 Å². The van der Waals surface area contributed by atoms with E-state index in [1.165, 1.54) is 6.07 Å². The summed E-state index contributed by atoms with van der Waals surface area (Å²) in [5.74, 6) is -1.78. The molecule has 0 spiro atoms. The Hall–Kier alpha value is -2.83. The Kier molecular flexibility index (Phi) is 5.46. The molecule has 1 aromatic carbocycles. The summed E-state index contributed by atoms with van der Waals surface area (Å²) in [5, 5.41) is 23.6. The van der Waals surface area contributed by atoms with Crippen LogP contribution in [0.3, 0.4) is 0 Å². The highest BCUT2D eigenvalue weighted by atomic mass is 16.4. The fourth-order valence-electron chi connectivity index (χ4n) is 2.70. The number of rotatable bonds is 6. The van der Waals surface area contributed by atoms with Crippen LogP contribution < -0.4 is 16.0 Å². The van der Waals surface area contributed by atoms with Crippen LogP contribution in [0.4, 0.5) is 0 Å². The van der Waals surface area contributed by atoms with Crippen LogP contribution in [0.15, 0.2) is 21.3 Å². The number of phenols is 1. The van der Waals surface area contributed by atoms with Crippen LogP contribution in [0.5, 0.6) is 5.75 Å². The molecule has 1 heterocycles. The number of amides is 1. The van der Waals surface area contributed by atoms with E-state index in [9.17, 15) is 24.6 Å². The second-order valence-electron chi connectivity index (χ2n) is 5.93. The van der Waals surface area contributed by atoms with Gasteiger partial charge in [-0.2, -0.15) is 0 Å². The van der Waals surface area contributed by atoms with Gasteiger partial charge >= 0.3 is 5.63 Å². The first-order chi connectivity index (χ1) is 11.8. The minimum atomic E-state index is -1.34. The lowest BCUT2D eigenvalue weighted by Gasteiger charge is -2.17. The number of carbonyl (C=O) groups excluding carboxylic acids is 2. The molecule has 25 heavy (non-hydrogen) atoms. The zero-order valence-corrected chi connectivity index (χ0v) is 14.3. The maximum Gasteiger partial charge on any atom is 0.339 e. The Bertz CT molecular complexity index is 883. The van der Waals surface area contributed by atoms with E-state index in [1.54, 1.807) is 26.8 Å². The highest BCUT2D eigenvalue weighted by Gasteiger charge is 2.17. The van der Waals surface area contributed by atoms with Crippen LogP contribution in [0.25, 0.3) is 11.0 Å². The molecule has 2 rings (SSSR count). The summed E-state index contributed by atoms with van der Waals surface area (Å²) in [6, 6.07) is 2.13. The smallest absolute Gasteiger partial charge is 0.339 e. The molecule has 0 saturated heterocycles. The largest absolute Gasteiger partial charge is 0.548 e. The maximum atomic E-state index is 12.2. The number of carboxylic acid groups (broad SMARTS) is 1. The predicted octanol–water partition coefficient (Wildman–Crippen LogP) is 0.693. The Morgan fingerprint density at radius 3 is 2.56 bits per heavy atom. The molecule has 2 N–H and O–H groups in total. The standard InChI is InChI=1S/C18H21NO6/c1-4-13(17(22)23)19-15(21)8-6-12-9(2)11-5-7-14(20)10(3)16(11)25-18(12)24/h5,7,13,20H,4,6,8H2,1-3H3,(H,19,21)(H,22,23)/p-1/t13-/m1/s1. The minimum Gasteiger partial charge on any atom is -0.548 e. The molecule has 0 fully saturated rings. The zero-order chi connectivity index (χ0) is 18.7. The highest BCUT2D eigenvalue weighted by Crippen LogP contribution is 2.28. The summed E-state index contributed by atoms with van der Waals surface area (Å²) in [7, 11) is 0. The van der Waals surface area contributed by atoms with Gasteiger partial charge in [0.2, 0.25) is 5.91 Å². The molecule has 134 valence electrons. The van der Waals surface area contributed by atoms with Gasteiger partial charge in [-0.05, 0) is 44.4 Å².